The SMILES string of the molecule is Cc1cccc(-c2nn(-c3ccccc3)cc2/C=N\NC(=O)CNS(=O)(=O)c2ccccc2)c1. The Bertz CT molecular complexity index is 1420. The molecule has 0 aliphatic heterocycles. The fourth-order valence-corrected chi connectivity index (χ4v) is 4.27. The Balaban J connectivity index is 1.49. The molecule has 2 N–H and O–H groups in total. The molecule has 4 aromatic rings. The highest BCUT2D eigenvalue weighted by Crippen LogP contribution is 2.23. The normalized spacial score (nSPS) is 11.6. The molecule has 0 unspecified atom stereocenters. The van der Waals surface area contributed by atoms with E-state index >= 15 is 0 Å². The van der Waals surface area contributed by atoms with Crippen LogP contribution in [0.25, 0.3) is 16.9 Å². The number of carbonyl (C=O) groups excluding carboxylic acids is 1. The Morgan fingerprint density at radius 1 is 1.00 bits per heavy atom. The third kappa shape index (κ3) is 5.64. The molecular weight excluding hydrogens is 450 g/mol. The molecule has 1 amide bonds. The van der Waals surface area contributed by atoms with Gasteiger partial charge in [-0.1, -0.05) is 60.2 Å². The number of hydrogen-bond donors (Lipinski definition) is 2. The Morgan fingerprint density at radius 2 is 1.71 bits per heavy atom. The number of hydrazone groups is 1. The molecular formula is C25H23N5O3S. The molecule has 34 heavy (non-hydrogen) atoms. The van der Waals surface area contributed by atoms with E-state index in [-0.39, 0.29) is 4.90 Å². The summed E-state index contributed by atoms with van der Waals surface area (Å²) in [6, 6.07) is 25.4. The van der Waals surface area contributed by atoms with Crippen LogP contribution in [0.1, 0.15) is 11.1 Å². The van der Waals surface area contributed by atoms with E-state index in [9.17, 15) is 13.2 Å². The fourth-order valence-electron chi connectivity index (χ4n) is 3.27. The van der Waals surface area contributed by atoms with Crippen LogP contribution in [-0.2, 0) is 14.8 Å². The second-order valence-corrected chi connectivity index (χ2v) is 9.28. The van der Waals surface area contributed by atoms with Crippen molar-refractivity contribution in [3.8, 4) is 16.9 Å². The molecule has 0 fully saturated rings. The number of sulfonamides is 1. The van der Waals surface area contributed by atoms with Crippen LogP contribution in [0.2, 0.25) is 0 Å². The molecule has 1 aromatic heterocycles. The Labute approximate surface area is 198 Å². The molecule has 9 heteroatoms. The summed E-state index contributed by atoms with van der Waals surface area (Å²) >= 11 is 0. The van der Waals surface area contributed by atoms with Crippen molar-refractivity contribution in [2.75, 3.05) is 6.54 Å². The lowest BCUT2D eigenvalue weighted by atomic mass is 10.1. The van der Waals surface area contributed by atoms with Gasteiger partial charge in [0.1, 0.15) is 5.69 Å². The van der Waals surface area contributed by atoms with Crippen molar-refractivity contribution in [1.82, 2.24) is 19.9 Å². The van der Waals surface area contributed by atoms with Gasteiger partial charge in [-0.25, -0.2) is 23.2 Å². The van der Waals surface area contributed by atoms with Gasteiger partial charge in [0.15, 0.2) is 0 Å². The summed E-state index contributed by atoms with van der Waals surface area (Å²) < 4.78 is 28.5. The average Bonchev–Trinajstić information content (AvgIpc) is 3.28. The highest BCUT2D eigenvalue weighted by atomic mass is 32.2. The van der Waals surface area contributed by atoms with Crippen LogP contribution in [-0.4, -0.2) is 36.9 Å². The van der Waals surface area contributed by atoms with Crippen LogP contribution in [0, 0.1) is 6.92 Å². The van der Waals surface area contributed by atoms with Gasteiger partial charge in [0.25, 0.3) is 5.91 Å². The molecule has 0 spiro atoms. The molecule has 0 aliphatic rings. The van der Waals surface area contributed by atoms with Crippen LogP contribution in [0.5, 0.6) is 0 Å². The summed E-state index contributed by atoms with van der Waals surface area (Å²) in [5.41, 5.74) is 6.65. The number of aromatic nitrogens is 2. The Hall–Kier alpha value is -4.08. The molecule has 0 radical (unpaired) electrons. The van der Waals surface area contributed by atoms with E-state index in [0.29, 0.717) is 11.3 Å². The van der Waals surface area contributed by atoms with Crippen LogP contribution < -0.4 is 10.1 Å². The van der Waals surface area contributed by atoms with Crippen molar-refractivity contribution in [3.63, 3.8) is 0 Å². The van der Waals surface area contributed by atoms with Crippen LogP contribution >= 0.6 is 0 Å². The Kier molecular flexibility index (Phi) is 6.95. The zero-order valence-electron chi connectivity index (χ0n) is 18.4. The summed E-state index contributed by atoms with van der Waals surface area (Å²) in [4.78, 5) is 12.3. The molecule has 4 rings (SSSR count). The summed E-state index contributed by atoms with van der Waals surface area (Å²) in [7, 11) is -3.78. The number of rotatable bonds is 8. The van der Waals surface area contributed by atoms with E-state index in [1.165, 1.54) is 18.3 Å². The molecule has 1 heterocycles. The van der Waals surface area contributed by atoms with Gasteiger partial charge in [-0.15, -0.1) is 0 Å². The van der Waals surface area contributed by atoms with Crippen LogP contribution in [0.15, 0.2) is 101 Å². The van der Waals surface area contributed by atoms with E-state index in [0.717, 1.165) is 16.8 Å². The smallest absolute Gasteiger partial charge is 0.255 e. The number of carbonyl (C=O) groups is 1. The highest BCUT2D eigenvalue weighted by Gasteiger charge is 2.15. The number of hydrogen-bond acceptors (Lipinski definition) is 5. The van der Waals surface area contributed by atoms with Crippen LogP contribution in [0.4, 0.5) is 0 Å². The molecule has 3 aromatic carbocycles. The van der Waals surface area contributed by atoms with Crippen molar-refractivity contribution in [2.24, 2.45) is 5.10 Å². The Morgan fingerprint density at radius 3 is 2.41 bits per heavy atom. The maximum absolute atomic E-state index is 12.3. The largest absolute Gasteiger partial charge is 0.272 e. The lowest BCUT2D eigenvalue weighted by molar-refractivity contribution is -0.119. The molecule has 0 saturated carbocycles. The summed E-state index contributed by atoms with van der Waals surface area (Å²) in [5, 5.41) is 8.73. The number of nitrogens with one attached hydrogen (secondary N) is 2. The minimum Gasteiger partial charge on any atom is -0.272 e. The maximum Gasteiger partial charge on any atom is 0.255 e. The zero-order chi connectivity index (χ0) is 24.0. The number of para-hydroxylation sites is 1. The molecule has 0 aliphatic carbocycles. The van der Waals surface area contributed by atoms with E-state index in [1.807, 2.05) is 67.7 Å². The molecule has 172 valence electrons. The number of amides is 1. The fraction of sp³-hybridized carbons (Fsp3) is 0.0800. The first-order valence-corrected chi connectivity index (χ1v) is 12.0. The van der Waals surface area contributed by atoms with Crippen molar-refractivity contribution >= 4 is 22.1 Å². The van der Waals surface area contributed by atoms with Crippen molar-refractivity contribution in [3.05, 3.63) is 102 Å². The van der Waals surface area contributed by atoms with Gasteiger partial charge >= 0.3 is 0 Å². The van der Waals surface area contributed by atoms with Crippen LogP contribution in [0.3, 0.4) is 0 Å². The molecule has 8 nitrogen and oxygen atoms in total. The topological polar surface area (TPSA) is 105 Å². The monoisotopic (exact) mass is 473 g/mol. The zero-order valence-corrected chi connectivity index (χ0v) is 19.2. The standard InChI is InChI=1S/C25H23N5O3S/c1-19-9-8-10-20(15-19)25-21(18-30(29-25)22-11-4-2-5-12-22)16-26-28-24(31)17-27-34(32,33)23-13-6-3-7-14-23/h2-16,18,27H,17H2,1H3,(H,28,31)/b26-16-. The molecule has 0 saturated heterocycles. The average molecular weight is 474 g/mol. The maximum atomic E-state index is 12.3. The van der Waals surface area contributed by atoms with Crippen molar-refractivity contribution in [1.29, 1.82) is 0 Å². The number of aryl methyl sites for hydroxylation is 1. The molecule has 0 bridgehead atoms. The van der Waals surface area contributed by atoms with Gasteiger partial charge in [0.05, 0.1) is 23.3 Å². The summed E-state index contributed by atoms with van der Waals surface area (Å²) in [6.07, 6.45) is 3.31. The van der Waals surface area contributed by atoms with Crippen molar-refractivity contribution in [2.45, 2.75) is 11.8 Å². The van der Waals surface area contributed by atoms with Gasteiger partial charge < -0.3 is 0 Å². The second kappa shape index (κ2) is 10.2. The van der Waals surface area contributed by atoms with E-state index < -0.39 is 22.5 Å². The number of nitrogens with zero attached hydrogens (tertiary/aromatic N) is 3. The lowest BCUT2D eigenvalue weighted by Gasteiger charge is -2.05. The first-order valence-electron chi connectivity index (χ1n) is 10.5. The van der Waals surface area contributed by atoms with Crippen molar-refractivity contribution < 1.29 is 13.2 Å². The predicted molar refractivity (Wildman–Crippen MR) is 131 cm³/mol. The lowest BCUT2D eigenvalue weighted by Crippen LogP contribution is -2.34. The summed E-state index contributed by atoms with van der Waals surface area (Å²) in [6.45, 7) is 1.56. The van der Waals surface area contributed by atoms with E-state index in [4.69, 9.17) is 5.10 Å². The summed E-state index contributed by atoms with van der Waals surface area (Å²) in [5.74, 6) is -0.594. The minimum absolute atomic E-state index is 0.0856. The first-order chi connectivity index (χ1) is 16.4. The van der Waals surface area contributed by atoms with Gasteiger partial charge in [-0.2, -0.15) is 10.2 Å². The van der Waals surface area contributed by atoms with E-state index in [2.05, 4.69) is 15.2 Å². The number of benzene rings is 3. The second-order valence-electron chi connectivity index (χ2n) is 7.51. The highest BCUT2D eigenvalue weighted by molar-refractivity contribution is 7.89. The van der Waals surface area contributed by atoms with E-state index in [1.54, 1.807) is 22.9 Å². The quantitative estimate of drug-likeness (QED) is 0.303. The van der Waals surface area contributed by atoms with Gasteiger partial charge in [-0.3, -0.25) is 4.79 Å². The third-order valence-corrected chi connectivity index (χ3v) is 6.34. The third-order valence-electron chi connectivity index (χ3n) is 4.92. The minimum atomic E-state index is -3.78. The van der Waals surface area contributed by atoms with Gasteiger partial charge in [0, 0.05) is 17.3 Å². The van der Waals surface area contributed by atoms with Gasteiger partial charge in [0.2, 0.25) is 10.0 Å². The van der Waals surface area contributed by atoms with Gasteiger partial charge in [-0.05, 0) is 37.3 Å². The predicted octanol–water partition coefficient (Wildman–Crippen LogP) is 3.28. The first kappa shape index (κ1) is 23.1. The molecule has 0 atom stereocenters.